The highest BCUT2D eigenvalue weighted by molar-refractivity contribution is 4.61. The fourth-order valence-corrected chi connectivity index (χ4v) is 2.65. The van der Waals surface area contributed by atoms with Crippen LogP contribution in [-0.2, 0) is 0 Å². The Kier molecular flexibility index (Phi) is 16.5. The van der Waals surface area contributed by atoms with E-state index in [0.717, 1.165) is 19.3 Å². The Hall–Kier alpha value is -0.300. The molecule has 0 bridgehead atoms. The highest BCUT2D eigenvalue weighted by atomic mass is 16.3. The van der Waals surface area contributed by atoms with Crippen LogP contribution in [0.1, 0.15) is 103 Å². The SMILES string of the molecule is [CH]=CCCCCCCCCCCC(O)CCCCCC. The molecule has 1 atom stereocenters. The molecule has 0 rings (SSSR count). The molecule has 0 aromatic carbocycles. The van der Waals surface area contributed by atoms with Gasteiger partial charge in [-0.25, -0.2) is 0 Å². The molecule has 1 N–H and O–H groups in total. The largest absolute Gasteiger partial charge is 0.393 e. The molecule has 1 radical (unpaired) electrons. The van der Waals surface area contributed by atoms with Crippen LogP contribution in [0.4, 0.5) is 0 Å². The minimum absolute atomic E-state index is 0.0423. The first-order chi connectivity index (χ1) is 9.81. The minimum atomic E-state index is -0.0423. The van der Waals surface area contributed by atoms with E-state index < -0.39 is 0 Å². The molecule has 0 fully saturated rings. The van der Waals surface area contributed by atoms with Crippen LogP contribution in [0.5, 0.6) is 0 Å². The van der Waals surface area contributed by atoms with E-state index in [1.807, 2.05) is 0 Å². The van der Waals surface area contributed by atoms with Crippen molar-refractivity contribution in [1.29, 1.82) is 0 Å². The van der Waals surface area contributed by atoms with Gasteiger partial charge in [0.2, 0.25) is 0 Å². The van der Waals surface area contributed by atoms with Gasteiger partial charge in [-0.15, -0.1) is 0 Å². The summed E-state index contributed by atoms with van der Waals surface area (Å²) in [6, 6.07) is 0. The first kappa shape index (κ1) is 19.7. The number of rotatable bonds is 16. The van der Waals surface area contributed by atoms with E-state index >= 15 is 0 Å². The maximum atomic E-state index is 9.86. The van der Waals surface area contributed by atoms with Crippen molar-refractivity contribution in [2.45, 2.75) is 109 Å². The van der Waals surface area contributed by atoms with E-state index in [2.05, 4.69) is 6.92 Å². The maximum absolute atomic E-state index is 9.86. The van der Waals surface area contributed by atoms with Gasteiger partial charge in [0, 0.05) is 0 Å². The summed E-state index contributed by atoms with van der Waals surface area (Å²) in [6.07, 6.45) is 20.4. The monoisotopic (exact) mass is 281 g/mol. The minimum Gasteiger partial charge on any atom is -0.393 e. The molecule has 0 spiro atoms. The number of allylic oxidation sites excluding steroid dienone is 1. The standard InChI is InChI=1S/C19H37O/c1-3-5-7-9-10-11-12-13-14-16-18-19(20)17-15-8-6-4-2/h1,3,19-20H,4-18H2,2H3. The number of hydrogen-bond acceptors (Lipinski definition) is 1. The Bertz CT molecular complexity index is 188. The van der Waals surface area contributed by atoms with Gasteiger partial charge in [-0.2, -0.15) is 0 Å². The van der Waals surface area contributed by atoms with Gasteiger partial charge in [0.1, 0.15) is 0 Å². The van der Waals surface area contributed by atoms with Crippen LogP contribution < -0.4 is 0 Å². The zero-order chi connectivity index (χ0) is 14.9. The average Bonchev–Trinajstić information content (AvgIpc) is 2.45. The molecule has 0 heterocycles. The highest BCUT2D eigenvalue weighted by Gasteiger charge is 2.03. The van der Waals surface area contributed by atoms with Crippen molar-refractivity contribution >= 4 is 0 Å². The molecule has 0 aliphatic heterocycles. The Morgan fingerprint density at radius 1 is 0.750 bits per heavy atom. The lowest BCUT2D eigenvalue weighted by atomic mass is 10.0. The third-order valence-corrected chi connectivity index (χ3v) is 4.05. The van der Waals surface area contributed by atoms with Crippen LogP contribution in [-0.4, -0.2) is 11.2 Å². The molecule has 0 amide bonds. The lowest BCUT2D eigenvalue weighted by Gasteiger charge is -2.10. The van der Waals surface area contributed by atoms with Gasteiger partial charge in [0.15, 0.2) is 0 Å². The highest BCUT2D eigenvalue weighted by Crippen LogP contribution is 2.14. The first-order valence-electron chi connectivity index (χ1n) is 9.02. The second-order valence-corrected chi connectivity index (χ2v) is 6.14. The molecule has 0 aliphatic rings. The molecule has 1 heteroatoms. The summed E-state index contributed by atoms with van der Waals surface area (Å²) in [6.45, 7) is 7.58. The fraction of sp³-hybridized carbons (Fsp3) is 0.895. The molecule has 1 nitrogen and oxygen atoms in total. The summed E-state index contributed by atoms with van der Waals surface area (Å²) >= 11 is 0. The van der Waals surface area contributed by atoms with Crippen LogP contribution in [0.2, 0.25) is 0 Å². The van der Waals surface area contributed by atoms with Crippen molar-refractivity contribution in [2.75, 3.05) is 0 Å². The fourth-order valence-electron chi connectivity index (χ4n) is 2.65. The van der Waals surface area contributed by atoms with Crippen molar-refractivity contribution in [3.05, 3.63) is 12.7 Å². The van der Waals surface area contributed by atoms with E-state index in [4.69, 9.17) is 6.58 Å². The van der Waals surface area contributed by atoms with Gasteiger partial charge < -0.3 is 5.11 Å². The molecule has 0 aromatic heterocycles. The molecule has 1 unspecified atom stereocenters. The maximum Gasteiger partial charge on any atom is 0.0540 e. The average molecular weight is 282 g/mol. The number of unbranched alkanes of at least 4 members (excludes halogenated alkanes) is 11. The van der Waals surface area contributed by atoms with Gasteiger partial charge in [-0.1, -0.05) is 90.2 Å². The van der Waals surface area contributed by atoms with E-state index in [1.165, 1.54) is 77.0 Å². The van der Waals surface area contributed by atoms with Crippen molar-refractivity contribution in [2.24, 2.45) is 0 Å². The van der Waals surface area contributed by atoms with Gasteiger partial charge >= 0.3 is 0 Å². The van der Waals surface area contributed by atoms with Gasteiger partial charge in [-0.3, -0.25) is 0 Å². The van der Waals surface area contributed by atoms with Crippen LogP contribution in [0.15, 0.2) is 6.08 Å². The van der Waals surface area contributed by atoms with Crippen LogP contribution in [0.25, 0.3) is 0 Å². The predicted molar refractivity (Wildman–Crippen MR) is 89.8 cm³/mol. The van der Waals surface area contributed by atoms with Crippen LogP contribution >= 0.6 is 0 Å². The quantitative estimate of drug-likeness (QED) is 0.333. The van der Waals surface area contributed by atoms with Gasteiger partial charge in [0.25, 0.3) is 0 Å². The van der Waals surface area contributed by atoms with Crippen molar-refractivity contribution in [3.63, 3.8) is 0 Å². The third-order valence-electron chi connectivity index (χ3n) is 4.05. The normalized spacial score (nSPS) is 12.5. The molecule has 0 saturated carbocycles. The zero-order valence-electron chi connectivity index (χ0n) is 13.8. The summed E-state index contributed by atoms with van der Waals surface area (Å²) in [4.78, 5) is 0. The second kappa shape index (κ2) is 16.8. The third kappa shape index (κ3) is 15.8. The number of aliphatic hydroxyl groups excluding tert-OH is 1. The summed E-state index contributed by atoms with van der Waals surface area (Å²) in [5.41, 5.74) is 0. The smallest absolute Gasteiger partial charge is 0.0540 e. The number of aliphatic hydroxyl groups is 1. The van der Waals surface area contributed by atoms with Crippen molar-refractivity contribution in [3.8, 4) is 0 Å². The summed E-state index contributed by atoms with van der Waals surface area (Å²) in [5.74, 6) is 0. The van der Waals surface area contributed by atoms with Crippen LogP contribution in [0, 0.1) is 6.58 Å². The van der Waals surface area contributed by atoms with Gasteiger partial charge in [-0.05, 0) is 25.7 Å². The molecular weight excluding hydrogens is 244 g/mol. The molecule has 0 aromatic rings. The lowest BCUT2D eigenvalue weighted by molar-refractivity contribution is 0.147. The topological polar surface area (TPSA) is 20.2 Å². The molecule has 20 heavy (non-hydrogen) atoms. The number of hydrogen-bond donors (Lipinski definition) is 1. The Morgan fingerprint density at radius 3 is 1.70 bits per heavy atom. The summed E-state index contributed by atoms with van der Waals surface area (Å²) < 4.78 is 0. The summed E-state index contributed by atoms with van der Waals surface area (Å²) in [5, 5.41) is 9.86. The summed E-state index contributed by atoms with van der Waals surface area (Å²) in [7, 11) is 0. The lowest BCUT2D eigenvalue weighted by Crippen LogP contribution is -2.05. The molecular formula is C19H37O. The van der Waals surface area contributed by atoms with Crippen molar-refractivity contribution < 1.29 is 5.11 Å². The molecule has 0 saturated heterocycles. The van der Waals surface area contributed by atoms with E-state index in [1.54, 1.807) is 6.08 Å². The Balaban J connectivity index is 3.09. The van der Waals surface area contributed by atoms with Crippen molar-refractivity contribution in [1.82, 2.24) is 0 Å². The van der Waals surface area contributed by atoms with E-state index in [-0.39, 0.29) is 6.10 Å². The first-order valence-corrected chi connectivity index (χ1v) is 9.02. The molecule has 0 aliphatic carbocycles. The van der Waals surface area contributed by atoms with E-state index in [0.29, 0.717) is 0 Å². The second-order valence-electron chi connectivity index (χ2n) is 6.14. The Morgan fingerprint density at radius 2 is 1.20 bits per heavy atom. The zero-order valence-corrected chi connectivity index (χ0v) is 13.8. The Labute approximate surface area is 127 Å². The van der Waals surface area contributed by atoms with E-state index in [9.17, 15) is 5.11 Å². The van der Waals surface area contributed by atoms with Gasteiger partial charge in [0.05, 0.1) is 6.10 Å². The van der Waals surface area contributed by atoms with Crippen LogP contribution in [0.3, 0.4) is 0 Å². The molecule has 119 valence electrons. The predicted octanol–water partition coefficient (Wildman–Crippen LogP) is 6.21.